The maximum absolute atomic E-state index is 12.0. The van der Waals surface area contributed by atoms with Gasteiger partial charge in [-0.25, -0.2) is 4.79 Å². The van der Waals surface area contributed by atoms with Crippen LogP contribution in [0.2, 0.25) is 0 Å². The molecule has 1 saturated heterocycles. The molecule has 3 atom stereocenters. The van der Waals surface area contributed by atoms with Crippen LogP contribution in [-0.2, 0) is 23.9 Å². The summed E-state index contributed by atoms with van der Waals surface area (Å²) in [5.74, 6) is -1.48. The standard InChI is InChI=1S/C17H20O5/c1-9-5-6-13(19)10(2)8-15-16(11(3)17(20)22-15)14(7-9)21-12(4)18/h7,14-16H,2-3,5-6,8H2,1,4H3/b9-7+. The summed E-state index contributed by atoms with van der Waals surface area (Å²) in [5, 5.41) is 0. The zero-order valence-corrected chi connectivity index (χ0v) is 12.9. The van der Waals surface area contributed by atoms with E-state index in [1.807, 2.05) is 6.92 Å². The molecule has 5 heteroatoms. The van der Waals surface area contributed by atoms with Crippen LogP contribution in [0.25, 0.3) is 0 Å². The molecular formula is C17H20O5. The quantitative estimate of drug-likeness (QED) is 0.422. The third kappa shape index (κ3) is 3.35. The Bertz CT molecular complexity index is 584. The van der Waals surface area contributed by atoms with E-state index in [1.54, 1.807) is 6.08 Å². The zero-order valence-electron chi connectivity index (χ0n) is 12.9. The van der Waals surface area contributed by atoms with Crippen LogP contribution in [0.15, 0.2) is 36.0 Å². The molecule has 22 heavy (non-hydrogen) atoms. The molecule has 0 spiro atoms. The molecule has 2 rings (SSSR count). The first-order chi connectivity index (χ1) is 10.3. The number of hydrogen-bond acceptors (Lipinski definition) is 5. The summed E-state index contributed by atoms with van der Waals surface area (Å²) in [7, 11) is 0. The van der Waals surface area contributed by atoms with Crippen LogP contribution in [0, 0.1) is 5.92 Å². The Morgan fingerprint density at radius 2 is 2.00 bits per heavy atom. The van der Waals surface area contributed by atoms with Crippen molar-refractivity contribution in [2.75, 3.05) is 0 Å². The van der Waals surface area contributed by atoms with Gasteiger partial charge in [-0.15, -0.1) is 0 Å². The fraction of sp³-hybridized carbons (Fsp3) is 0.471. The summed E-state index contributed by atoms with van der Waals surface area (Å²) in [6, 6.07) is 0. The molecule has 0 radical (unpaired) electrons. The molecule has 0 aromatic carbocycles. The van der Waals surface area contributed by atoms with Crippen LogP contribution >= 0.6 is 0 Å². The van der Waals surface area contributed by atoms with Gasteiger partial charge in [0.2, 0.25) is 0 Å². The van der Waals surface area contributed by atoms with Crippen molar-refractivity contribution in [1.82, 2.24) is 0 Å². The van der Waals surface area contributed by atoms with E-state index in [1.165, 1.54) is 6.92 Å². The van der Waals surface area contributed by atoms with Crippen molar-refractivity contribution in [1.29, 1.82) is 0 Å². The largest absolute Gasteiger partial charge is 0.458 e. The predicted molar refractivity (Wildman–Crippen MR) is 79.8 cm³/mol. The van der Waals surface area contributed by atoms with Gasteiger partial charge >= 0.3 is 11.9 Å². The van der Waals surface area contributed by atoms with Crippen LogP contribution < -0.4 is 0 Å². The minimum atomic E-state index is -0.623. The molecule has 1 fully saturated rings. The first-order valence-electron chi connectivity index (χ1n) is 7.25. The molecule has 0 bridgehead atoms. The molecule has 1 aliphatic heterocycles. The highest BCUT2D eigenvalue weighted by molar-refractivity contribution is 5.95. The van der Waals surface area contributed by atoms with E-state index in [-0.39, 0.29) is 17.8 Å². The Morgan fingerprint density at radius 3 is 2.64 bits per heavy atom. The number of ketones is 1. The minimum absolute atomic E-state index is 0.0361. The van der Waals surface area contributed by atoms with Crippen LogP contribution in [0.1, 0.15) is 33.1 Å². The van der Waals surface area contributed by atoms with Crippen LogP contribution in [-0.4, -0.2) is 29.9 Å². The summed E-state index contributed by atoms with van der Waals surface area (Å²) in [5.41, 5.74) is 1.61. The van der Waals surface area contributed by atoms with Crippen molar-refractivity contribution in [3.63, 3.8) is 0 Å². The average molecular weight is 304 g/mol. The summed E-state index contributed by atoms with van der Waals surface area (Å²) in [4.78, 5) is 35.2. The molecule has 0 amide bonds. The zero-order chi connectivity index (χ0) is 16.4. The van der Waals surface area contributed by atoms with Gasteiger partial charge in [-0.3, -0.25) is 9.59 Å². The lowest BCUT2D eigenvalue weighted by Gasteiger charge is -2.26. The summed E-state index contributed by atoms with van der Waals surface area (Å²) in [6.07, 6.45) is 1.73. The van der Waals surface area contributed by atoms with E-state index in [9.17, 15) is 14.4 Å². The highest BCUT2D eigenvalue weighted by Gasteiger charge is 2.44. The summed E-state index contributed by atoms with van der Waals surface area (Å²) >= 11 is 0. The van der Waals surface area contributed by atoms with Crippen LogP contribution in [0.5, 0.6) is 0 Å². The van der Waals surface area contributed by atoms with Crippen molar-refractivity contribution in [3.8, 4) is 0 Å². The van der Waals surface area contributed by atoms with Gasteiger partial charge in [-0.05, 0) is 25.0 Å². The van der Waals surface area contributed by atoms with E-state index in [0.717, 1.165) is 5.57 Å². The molecule has 118 valence electrons. The third-order valence-electron chi connectivity index (χ3n) is 4.02. The van der Waals surface area contributed by atoms with Crippen molar-refractivity contribution in [2.24, 2.45) is 5.92 Å². The molecular weight excluding hydrogens is 284 g/mol. The molecule has 2 aliphatic rings. The molecule has 3 unspecified atom stereocenters. The normalized spacial score (nSPS) is 31.9. The Kier molecular flexibility index (Phi) is 4.64. The Labute approximate surface area is 129 Å². The molecule has 0 saturated carbocycles. The van der Waals surface area contributed by atoms with E-state index in [4.69, 9.17) is 9.47 Å². The number of allylic oxidation sites excluding steroid dienone is 1. The van der Waals surface area contributed by atoms with Gasteiger partial charge in [0.1, 0.15) is 12.2 Å². The number of esters is 2. The van der Waals surface area contributed by atoms with Crippen molar-refractivity contribution < 1.29 is 23.9 Å². The molecule has 0 aromatic rings. The van der Waals surface area contributed by atoms with Gasteiger partial charge in [0, 0.05) is 25.3 Å². The number of Topliss-reactive ketones (excluding diaryl/α,β-unsaturated/α-hetero) is 1. The lowest BCUT2D eigenvalue weighted by Crippen LogP contribution is -2.33. The number of fused-ring (bicyclic) bond motifs is 1. The molecule has 1 aliphatic carbocycles. The maximum Gasteiger partial charge on any atom is 0.334 e. The van der Waals surface area contributed by atoms with Gasteiger partial charge in [0.15, 0.2) is 5.78 Å². The highest BCUT2D eigenvalue weighted by Crippen LogP contribution is 2.36. The SMILES string of the molecule is C=C1CC2OC(=O)C(=C)C2C(OC(C)=O)/C=C(\C)CCC1=O. The second-order valence-electron chi connectivity index (χ2n) is 5.81. The second-order valence-corrected chi connectivity index (χ2v) is 5.81. The number of carbonyl (C=O) groups is 3. The third-order valence-corrected chi connectivity index (χ3v) is 4.02. The minimum Gasteiger partial charge on any atom is -0.458 e. The van der Waals surface area contributed by atoms with Gasteiger partial charge in [-0.1, -0.05) is 18.7 Å². The Balaban J connectivity index is 2.42. The number of carbonyl (C=O) groups excluding carboxylic acids is 3. The van der Waals surface area contributed by atoms with E-state index in [2.05, 4.69) is 13.2 Å². The lowest BCUT2D eigenvalue weighted by atomic mass is 9.84. The maximum atomic E-state index is 12.0. The molecule has 5 nitrogen and oxygen atoms in total. The monoisotopic (exact) mass is 304 g/mol. The van der Waals surface area contributed by atoms with Crippen LogP contribution in [0.3, 0.4) is 0 Å². The second kappa shape index (κ2) is 6.30. The summed E-state index contributed by atoms with van der Waals surface area (Å²) < 4.78 is 10.7. The topological polar surface area (TPSA) is 69.7 Å². The van der Waals surface area contributed by atoms with Crippen molar-refractivity contribution in [3.05, 3.63) is 36.0 Å². The predicted octanol–water partition coefficient (Wildman–Crippen LogP) is 2.27. The fourth-order valence-corrected chi connectivity index (χ4v) is 2.84. The van der Waals surface area contributed by atoms with Gasteiger partial charge < -0.3 is 9.47 Å². The van der Waals surface area contributed by atoms with Gasteiger partial charge in [0.25, 0.3) is 0 Å². The first-order valence-corrected chi connectivity index (χ1v) is 7.25. The van der Waals surface area contributed by atoms with E-state index < -0.39 is 30.1 Å². The van der Waals surface area contributed by atoms with Gasteiger partial charge in [-0.2, -0.15) is 0 Å². The molecule has 1 heterocycles. The Hall–Kier alpha value is -2.17. The number of ether oxygens (including phenoxy) is 2. The number of rotatable bonds is 1. The summed E-state index contributed by atoms with van der Waals surface area (Å²) in [6.45, 7) is 10.7. The number of hydrogen-bond donors (Lipinski definition) is 0. The van der Waals surface area contributed by atoms with Crippen LogP contribution in [0.4, 0.5) is 0 Å². The smallest absolute Gasteiger partial charge is 0.334 e. The lowest BCUT2D eigenvalue weighted by molar-refractivity contribution is -0.147. The molecule has 0 aromatic heterocycles. The first kappa shape index (κ1) is 16.2. The highest BCUT2D eigenvalue weighted by atomic mass is 16.6. The van der Waals surface area contributed by atoms with Crippen molar-refractivity contribution in [2.45, 2.75) is 45.3 Å². The van der Waals surface area contributed by atoms with Crippen molar-refractivity contribution >= 4 is 17.7 Å². The molecule has 0 N–H and O–H groups in total. The average Bonchev–Trinajstić information content (AvgIpc) is 2.69. The Morgan fingerprint density at radius 1 is 1.32 bits per heavy atom. The fourth-order valence-electron chi connectivity index (χ4n) is 2.84. The van der Waals surface area contributed by atoms with Gasteiger partial charge in [0.05, 0.1) is 5.92 Å². The van der Waals surface area contributed by atoms with E-state index >= 15 is 0 Å². The van der Waals surface area contributed by atoms with E-state index in [0.29, 0.717) is 18.4 Å².